The number of piperazine rings is 1. The molecule has 3 aromatic carbocycles. The summed E-state index contributed by atoms with van der Waals surface area (Å²) in [6, 6.07) is 18.3. The molecule has 1 fully saturated rings. The number of anilines is 1. The van der Waals surface area contributed by atoms with E-state index in [0.717, 1.165) is 71.6 Å². The molecule has 0 aliphatic carbocycles. The molecule has 0 saturated carbocycles. The summed E-state index contributed by atoms with van der Waals surface area (Å²) < 4.78 is 50.0. The number of halogens is 3. The van der Waals surface area contributed by atoms with Crippen LogP contribution in [0, 0.1) is 6.92 Å². The first-order valence-corrected chi connectivity index (χ1v) is 14.9. The molecule has 1 saturated heterocycles. The van der Waals surface area contributed by atoms with Crippen molar-refractivity contribution in [3.63, 3.8) is 0 Å². The van der Waals surface area contributed by atoms with Gasteiger partial charge in [-0.15, -0.1) is 11.8 Å². The third kappa shape index (κ3) is 7.83. The fourth-order valence-corrected chi connectivity index (χ4v) is 5.79. The van der Waals surface area contributed by atoms with Gasteiger partial charge in [0.2, 0.25) is 0 Å². The Morgan fingerprint density at radius 2 is 1.59 bits per heavy atom. The zero-order valence-electron chi connectivity index (χ0n) is 24.3. The second kappa shape index (κ2) is 13.6. The number of benzene rings is 3. The van der Waals surface area contributed by atoms with Crippen LogP contribution in [0.5, 0.6) is 11.5 Å². The average molecular weight is 628 g/mol. The summed E-state index contributed by atoms with van der Waals surface area (Å²) in [4.78, 5) is 17.8. The molecule has 4 aromatic rings. The van der Waals surface area contributed by atoms with Gasteiger partial charge >= 0.3 is 12.1 Å². The molecule has 0 spiro atoms. The van der Waals surface area contributed by atoms with Crippen LogP contribution in [-0.2, 0) is 23.3 Å². The summed E-state index contributed by atoms with van der Waals surface area (Å²) in [7, 11) is 1.64. The molecule has 5 rings (SSSR count). The van der Waals surface area contributed by atoms with Crippen LogP contribution in [0.4, 0.5) is 18.9 Å². The van der Waals surface area contributed by atoms with Gasteiger partial charge in [0.05, 0.1) is 24.1 Å². The van der Waals surface area contributed by atoms with Crippen LogP contribution in [0.1, 0.15) is 22.5 Å². The SMILES string of the molecule is COc1ccc(N2CCN(Cc3nn(-c4ccc(C(F)(F)F)cc4)nc3CSc3ccc(OCC(=O)O)c(C)c3)CC2)cc1. The van der Waals surface area contributed by atoms with Crippen molar-refractivity contribution in [3.05, 3.63) is 89.2 Å². The molecule has 0 atom stereocenters. The van der Waals surface area contributed by atoms with Gasteiger partial charge in [0.15, 0.2) is 6.61 Å². The minimum absolute atomic E-state index is 0.419. The van der Waals surface area contributed by atoms with E-state index in [1.807, 2.05) is 43.3 Å². The normalized spacial score (nSPS) is 14.1. The molecule has 1 aliphatic rings. The molecule has 1 aliphatic heterocycles. The molecule has 232 valence electrons. The van der Waals surface area contributed by atoms with Gasteiger partial charge in [-0.2, -0.15) is 28.2 Å². The van der Waals surface area contributed by atoms with E-state index in [-0.39, 0.29) is 0 Å². The number of thioether (sulfide) groups is 1. The first-order valence-electron chi connectivity index (χ1n) is 13.9. The maximum absolute atomic E-state index is 13.1. The third-order valence-electron chi connectivity index (χ3n) is 7.25. The van der Waals surface area contributed by atoms with E-state index in [0.29, 0.717) is 23.7 Å². The van der Waals surface area contributed by atoms with Gasteiger partial charge in [-0.1, -0.05) is 0 Å². The molecule has 0 bridgehead atoms. The predicted molar refractivity (Wildman–Crippen MR) is 161 cm³/mol. The van der Waals surface area contributed by atoms with Crippen molar-refractivity contribution in [1.29, 1.82) is 0 Å². The van der Waals surface area contributed by atoms with Crippen LogP contribution in [0.3, 0.4) is 0 Å². The van der Waals surface area contributed by atoms with Crippen LogP contribution in [-0.4, -0.2) is 70.9 Å². The van der Waals surface area contributed by atoms with Crippen molar-refractivity contribution in [1.82, 2.24) is 19.9 Å². The minimum Gasteiger partial charge on any atom is -0.497 e. The van der Waals surface area contributed by atoms with E-state index in [9.17, 15) is 18.0 Å². The summed E-state index contributed by atoms with van der Waals surface area (Å²) in [5.41, 5.74) is 3.13. The Hall–Kier alpha value is -4.23. The topological polar surface area (TPSA) is 93.0 Å². The van der Waals surface area contributed by atoms with Gasteiger partial charge in [-0.3, -0.25) is 4.90 Å². The largest absolute Gasteiger partial charge is 0.497 e. The van der Waals surface area contributed by atoms with Gasteiger partial charge in [0.1, 0.15) is 17.2 Å². The second-order valence-electron chi connectivity index (χ2n) is 10.3. The van der Waals surface area contributed by atoms with Gasteiger partial charge in [0, 0.05) is 49.1 Å². The van der Waals surface area contributed by atoms with E-state index in [2.05, 4.69) is 14.9 Å². The highest BCUT2D eigenvalue weighted by atomic mass is 32.2. The molecule has 1 aromatic heterocycles. The van der Waals surface area contributed by atoms with Crippen LogP contribution in [0.15, 0.2) is 71.6 Å². The molecular formula is C31H32F3N5O4S. The number of hydrogen-bond donors (Lipinski definition) is 1. The van der Waals surface area contributed by atoms with E-state index in [1.54, 1.807) is 13.2 Å². The molecule has 13 heteroatoms. The highest BCUT2D eigenvalue weighted by molar-refractivity contribution is 7.98. The lowest BCUT2D eigenvalue weighted by Gasteiger charge is -2.35. The number of hydrogen-bond acceptors (Lipinski definition) is 8. The van der Waals surface area contributed by atoms with Gasteiger partial charge in [0.25, 0.3) is 0 Å². The number of carboxylic acids is 1. The lowest BCUT2D eigenvalue weighted by molar-refractivity contribution is -0.139. The number of ether oxygens (including phenoxy) is 2. The zero-order valence-corrected chi connectivity index (χ0v) is 25.1. The van der Waals surface area contributed by atoms with Crippen LogP contribution in [0.2, 0.25) is 0 Å². The number of rotatable bonds is 11. The van der Waals surface area contributed by atoms with Crippen LogP contribution in [0.25, 0.3) is 5.69 Å². The maximum atomic E-state index is 13.1. The van der Waals surface area contributed by atoms with Gasteiger partial charge < -0.3 is 19.5 Å². The monoisotopic (exact) mass is 627 g/mol. The zero-order chi connectivity index (χ0) is 31.3. The van der Waals surface area contributed by atoms with Crippen molar-refractivity contribution in [2.45, 2.75) is 30.3 Å². The van der Waals surface area contributed by atoms with E-state index >= 15 is 0 Å². The fourth-order valence-electron chi connectivity index (χ4n) is 4.83. The van der Waals surface area contributed by atoms with E-state index in [4.69, 9.17) is 19.7 Å². The number of nitrogens with zero attached hydrogens (tertiary/aromatic N) is 5. The number of alkyl halides is 3. The average Bonchev–Trinajstić information content (AvgIpc) is 3.42. The van der Waals surface area contributed by atoms with Crippen molar-refractivity contribution in [2.24, 2.45) is 0 Å². The molecule has 2 heterocycles. The Bertz CT molecular complexity index is 1570. The molecule has 44 heavy (non-hydrogen) atoms. The quantitative estimate of drug-likeness (QED) is 0.211. The minimum atomic E-state index is -4.43. The smallest absolute Gasteiger partial charge is 0.416 e. The number of carboxylic acid groups (broad SMARTS) is 1. The number of aryl methyl sites for hydroxylation is 1. The number of methoxy groups -OCH3 is 1. The molecule has 0 amide bonds. The Morgan fingerprint density at radius 3 is 2.20 bits per heavy atom. The summed E-state index contributed by atoms with van der Waals surface area (Å²) in [5, 5.41) is 18.3. The number of carbonyl (C=O) groups is 1. The predicted octanol–water partition coefficient (Wildman–Crippen LogP) is 5.68. The molecule has 1 N–H and O–H groups in total. The van der Waals surface area contributed by atoms with Crippen molar-refractivity contribution in [3.8, 4) is 17.2 Å². The fraction of sp³-hybridized carbons (Fsp3) is 0.323. The highest BCUT2D eigenvalue weighted by Gasteiger charge is 2.30. The maximum Gasteiger partial charge on any atom is 0.416 e. The number of aromatic nitrogens is 3. The Labute approximate surface area is 257 Å². The van der Waals surface area contributed by atoms with E-state index < -0.39 is 24.3 Å². The molecule has 9 nitrogen and oxygen atoms in total. The van der Waals surface area contributed by atoms with Crippen LogP contribution < -0.4 is 14.4 Å². The van der Waals surface area contributed by atoms with E-state index in [1.165, 1.54) is 28.7 Å². The summed E-state index contributed by atoms with van der Waals surface area (Å²) in [5.74, 6) is 0.746. The standard InChI is InChI=1S/C31H32F3N5O4S/c1-21-17-26(11-12-29(21)43-19-30(40)41)44-20-28-27(35-39(36-28)24-5-3-22(4-6-24)31(32,33)34)18-37-13-15-38(16-14-37)23-7-9-25(42-2)10-8-23/h3-12,17H,13-16,18-20H2,1-2H3,(H,40,41). The Balaban J connectivity index is 1.31. The van der Waals surface area contributed by atoms with Crippen molar-refractivity contribution in [2.75, 3.05) is 44.8 Å². The first kappa shape index (κ1) is 31.2. The number of aliphatic carboxylic acids is 1. The lowest BCUT2D eigenvalue weighted by Crippen LogP contribution is -2.46. The highest BCUT2D eigenvalue weighted by Crippen LogP contribution is 2.31. The van der Waals surface area contributed by atoms with Gasteiger partial charge in [-0.25, -0.2) is 4.79 Å². The summed E-state index contributed by atoms with van der Waals surface area (Å²) >= 11 is 1.54. The first-order chi connectivity index (χ1) is 21.1. The van der Waals surface area contributed by atoms with Crippen LogP contribution >= 0.6 is 11.8 Å². The summed E-state index contributed by atoms with van der Waals surface area (Å²) in [6.45, 7) is 5.26. The second-order valence-corrected chi connectivity index (χ2v) is 11.3. The third-order valence-corrected chi connectivity index (χ3v) is 8.25. The molecular weight excluding hydrogens is 595 g/mol. The van der Waals surface area contributed by atoms with Crippen molar-refractivity contribution < 1.29 is 32.5 Å². The van der Waals surface area contributed by atoms with Gasteiger partial charge in [-0.05, 0) is 79.2 Å². The Morgan fingerprint density at radius 1 is 0.932 bits per heavy atom. The van der Waals surface area contributed by atoms with Crippen molar-refractivity contribution >= 4 is 23.4 Å². The lowest BCUT2D eigenvalue weighted by atomic mass is 10.2. The Kier molecular flexibility index (Phi) is 9.64. The molecule has 0 unspecified atom stereocenters. The summed E-state index contributed by atoms with van der Waals surface area (Å²) in [6.07, 6.45) is -4.43. The molecule has 0 radical (unpaired) electrons.